The van der Waals surface area contributed by atoms with Crippen LogP contribution in [0.25, 0.3) is 0 Å². The molecule has 0 aromatic heterocycles. The lowest BCUT2D eigenvalue weighted by Gasteiger charge is -2.31. The number of urea groups is 1. The monoisotopic (exact) mass is 368 g/mol. The number of carbonyl (C=O) groups is 3. The van der Waals surface area contributed by atoms with Gasteiger partial charge in [-0.2, -0.15) is 0 Å². The SMILES string of the molecule is CCC(CC)(CN)NC(=O)c1ccc(C2(C)NC(=O)NC2=O)cc1.Cl. The summed E-state index contributed by atoms with van der Waals surface area (Å²) in [6.45, 7) is 5.97. The number of amides is 4. The van der Waals surface area contributed by atoms with Gasteiger partial charge < -0.3 is 16.4 Å². The van der Waals surface area contributed by atoms with Gasteiger partial charge in [0.15, 0.2) is 0 Å². The van der Waals surface area contributed by atoms with E-state index < -0.39 is 23.0 Å². The number of carbonyl (C=O) groups excluding carboxylic acids is 3. The molecule has 0 aliphatic carbocycles. The smallest absolute Gasteiger partial charge is 0.322 e. The van der Waals surface area contributed by atoms with E-state index in [0.29, 0.717) is 17.7 Å². The van der Waals surface area contributed by atoms with E-state index in [1.165, 1.54) is 0 Å². The van der Waals surface area contributed by atoms with E-state index in [9.17, 15) is 14.4 Å². The molecule has 1 aromatic carbocycles. The normalized spacial score (nSPS) is 19.7. The number of nitrogens with one attached hydrogen (secondary N) is 3. The molecule has 0 spiro atoms. The minimum atomic E-state index is -1.13. The topological polar surface area (TPSA) is 113 Å². The Bertz CT molecular complexity index is 650. The quantitative estimate of drug-likeness (QED) is 0.568. The number of hydrogen-bond donors (Lipinski definition) is 4. The first-order chi connectivity index (χ1) is 11.3. The second kappa shape index (κ2) is 7.84. The zero-order valence-corrected chi connectivity index (χ0v) is 15.5. The highest BCUT2D eigenvalue weighted by atomic mass is 35.5. The summed E-state index contributed by atoms with van der Waals surface area (Å²) >= 11 is 0. The van der Waals surface area contributed by atoms with Crippen molar-refractivity contribution in [3.05, 3.63) is 35.4 Å². The van der Waals surface area contributed by atoms with Crippen LogP contribution in [0.3, 0.4) is 0 Å². The van der Waals surface area contributed by atoms with Gasteiger partial charge in [0.2, 0.25) is 0 Å². The van der Waals surface area contributed by atoms with Gasteiger partial charge in [0.05, 0.1) is 5.54 Å². The summed E-state index contributed by atoms with van der Waals surface area (Å²) in [4.78, 5) is 35.7. The van der Waals surface area contributed by atoms with Crippen LogP contribution in [0.1, 0.15) is 49.5 Å². The minimum absolute atomic E-state index is 0. The lowest BCUT2D eigenvalue weighted by Crippen LogP contribution is -2.52. The lowest BCUT2D eigenvalue weighted by atomic mass is 9.90. The Labute approximate surface area is 153 Å². The van der Waals surface area contributed by atoms with Crippen LogP contribution >= 0.6 is 12.4 Å². The average molecular weight is 369 g/mol. The predicted octanol–water partition coefficient (Wildman–Crippen LogP) is 1.41. The number of hydrogen-bond acceptors (Lipinski definition) is 4. The maximum atomic E-state index is 12.5. The molecule has 1 atom stereocenters. The van der Waals surface area contributed by atoms with Gasteiger partial charge in [0, 0.05) is 12.1 Å². The van der Waals surface area contributed by atoms with Crippen molar-refractivity contribution in [1.29, 1.82) is 0 Å². The van der Waals surface area contributed by atoms with Gasteiger partial charge in [0.1, 0.15) is 5.54 Å². The third kappa shape index (κ3) is 3.93. The molecule has 2 rings (SSSR count). The number of benzene rings is 1. The van der Waals surface area contributed by atoms with Crippen molar-refractivity contribution in [3.8, 4) is 0 Å². The van der Waals surface area contributed by atoms with Crippen LogP contribution in [-0.4, -0.2) is 29.9 Å². The van der Waals surface area contributed by atoms with Gasteiger partial charge in [-0.25, -0.2) is 4.79 Å². The maximum absolute atomic E-state index is 12.5. The third-order valence-corrected chi connectivity index (χ3v) is 4.89. The van der Waals surface area contributed by atoms with Crippen LogP contribution < -0.4 is 21.7 Å². The predicted molar refractivity (Wildman–Crippen MR) is 97.6 cm³/mol. The molecule has 1 saturated heterocycles. The molecule has 1 aliphatic heterocycles. The Hall–Kier alpha value is -2.12. The van der Waals surface area contributed by atoms with Gasteiger partial charge in [0.25, 0.3) is 11.8 Å². The molecule has 1 aliphatic rings. The molecule has 1 aromatic rings. The van der Waals surface area contributed by atoms with Crippen LogP contribution in [0.2, 0.25) is 0 Å². The van der Waals surface area contributed by atoms with Crippen LogP contribution in [-0.2, 0) is 10.3 Å². The first kappa shape index (κ1) is 20.9. The third-order valence-electron chi connectivity index (χ3n) is 4.89. The van der Waals surface area contributed by atoms with Gasteiger partial charge in [-0.3, -0.25) is 14.9 Å². The highest BCUT2D eigenvalue weighted by molar-refractivity contribution is 6.07. The van der Waals surface area contributed by atoms with Crippen molar-refractivity contribution in [2.45, 2.75) is 44.7 Å². The van der Waals surface area contributed by atoms with Gasteiger partial charge in [-0.05, 0) is 37.5 Å². The molecule has 0 bridgehead atoms. The van der Waals surface area contributed by atoms with Crippen molar-refractivity contribution in [2.75, 3.05) is 6.54 Å². The zero-order chi connectivity index (χ0) is 18.0. The number of nitrogens with two attached hydrogens (primary N) is 1. The molecule has 1 unspecified atom stereocenters. The second-order valence-electron chi connectivity index (χ2n) is 6.26. The van der Waals surface area contributed by atoms with E-state index in [0.717, 1.165) is 12.8 Å². The Morgan fingerprint density at radius 2 is 1.76 bits per heavy atom. The van der Waals surface area contributed by atoms with Crippen molar-refractivity contribution in [2.24, 2.45) is 5.73 Å². The summed E-state index contributed by atoms with van der Waals surface area (Å²) < 4.78 is 0. The standard InChI is InChI=1S/C17H24N4O3.ClH/c1-4-17(5-2,10-18)20-13(22)11-6-8-12(9-7-11)16(3)14(23)19-15(24)21-16;/h6-9H,4-5,10,18H2,1-3H3,(H,20,22)(H2,19,21,23,24);1H. The molecule has 25 heavy (non-hydrogen) atoms. The van der Waals surface area contributed by atoms with E-state index in [4.69, 9.17) is 5.73 Å². The fourth-order valence-corrected chi connectivity index (χ4v) is 2.78. The Morgan fingerprint density at radius 3 is 2.16 bits per heavy atom. The molecular weight excluding hydrogens is 344 g/mol. The van der Waals surface area contributed by atoms with Crippen molar-refractivity contribution in [3.63, 3.8) is 0 Å². The van der Waals surface area contributed by atoms with E-state index in [2.05, 4.69) is 16.0 Å². The van der Waals surface area contributed by atoms with E-state index in [1.807, 2.05) is 13.8 Å². The Morgan fingerprint density at radius 1 is 1.20 bits per heavy atom. The summed E-state index contributed by atoms with van der Waals surface area (Å²) in [5.41, 5.74) is 5.36. The second-order valence-corrected chi connectivity index (χ2v) is 6.26. The molecular formula is C17H25ClN4O3. The molecule has 1 heterocycles. The van der Waals surface area contributed by atoms with Gasteiger partial charge >= 0.3 is 6.03 Å². The summed E-state index contributed by atoms with van der Waals surface area (Å²) in [6.07, 6.45) is 1.49. The fraction of sp³-hybridized carbons (Fsp3) is 0.471. The average Bonchev–Trinajstić information content (AvgIpc) is 2.86. The summed E-state index contributed by atoms with van der Waals surface area (Å²) in [5.74, 6) is -0.621. The Kier molecular flexibility index (Phi) is 6.56. The zero-order valence-electron chi connectivity index (χ0n) is 14.6. The lowest BCUT2D eigenvalue weighted by molar-refractivity contribution is -0.123. The molecule has 8 heteroatoms. The first-order valence-corrected chi connectivity index (χ1v) is 8.07. The molecule has 0 radical (unpaired) electrons. The van der Waals surface area contributed by atoms with Crippen molar-refractivity contribution >= 4 is 30.3 Å². The van der Waals surface area contributed by atoms with Crippen LogP contribution in [0.15, 0.2) is 24.3 Å². The molecule has 5 N–H and O–H groups in total. The largest absolute Gasteiger partial charge is 0.345 e. The Balaban J connectivity index is 0.00000312. The first-order valence-electron chi connectivity index (χ1n) is 8.07. The number of imide groups is 1. The molecule has 1 fully saturated rings. The van der Waals surface area contributed by atoms with E-state index >= 15 is 0 Å². The maximum Gasteiger partial charge on any atom is 0.322 e. The van der Waals surface area contributed by atoms with E-state index in [1.54, 1.807) is 31.2 Å². The van der Waals surface area contributed by atoms with Crippen LogP contribution in [0.5, 0.6) is 0 Å². The molecule has 0 saturated carbocycles. The molecule has 7 nitrogen and oxygen atoms in total. The summed E-state index contributed by atoms with van der Waals surface area (Å²) in [5, 5.41) is 7.81. The molecule has 138 valence electrons. The van der Waals surface area contributed by atoms with Gasteiger partial charge in [-0.1, -0.05) is 26.0 Å². The highest BCUT2D eigenvalue weighted by Crippen LogP contribution is 2.24. The summed E-state index contributed by atoms with van der Waals surface area (Å²) in [6, 6.07) is 6.09. The van der Waals surface area contributed by atoms with Crippen LogP contribution in [0, 0.1) is 0 Å². The number of rotatable bonds is 6. The minimum Gasteiger partial charge on any atom is -0.345 e. The highest BCUT2D eigenvalue weighted by Gasteiger charge is 2.43. The van der Waals surface area contributed by atoms with Crippen LogP contribution in [0.4, 0.5) is 4.79 Å². The van der Waals surface area contributed by atoms with E-state index in [-0.39, 0.29) is 18.3 Å². The van der Waals surface area contributed by atoms with Gasteiger partial charge in [-0.15, -0.1) is 12.4 Å². The summed E-state index contributed by atoms with van der Waals surface area (Å²) in [7, 11) is 0. The van der Waals surface area contributed by atoms with Crippen molar-refractivity contribution < 1.29 is 14.4 Å². The fourth-order valence-electron chi connectivity index (χ4n) is 2.78. The van der Waals surface area contributed by atoms with Crippen molar-refractivity contribution in [1.82, 2.24) is 16.0 Å². The number of halogens is 1. The molecule has 4 amide bonds.